The second kappa shape index (κ2) is 6.37. The number of hydrogen-bond donors (Lipinski definition) is 1. The van der Waals surface area contributed by atoms with Gasteiger partial charge in [0.15, 0.2) is 0 Å². The first kappa shape index (κ1) is 14.5. The Kier molecular flexibility index (Phi) is 5.12. The molecule has 0 bridgehead atoms. The molecular weight excluding hydrogens is 236 g/mol. The summed E-state index contributed by atoms with van der Waals surface area (Å²) in [7, 11) is 1.73. The second-order valence-electron chi connectivity index (χ2n) is 4.57. The molecule has 1 aliphatic heterocycles. The standard InChI is InChI=1S/C12H20N2O4/c1-3-14(7-5-11(16)17)12(18)9-4-6-13(2)10(15)8-9/h9H,3-8H2,1-2H3,(H,16,17)/t9-/m1/s1. The van der Waals surface area contributed by atoms with Crippen molar-refractivity contribution in [3.05, 3.63) is 0 Å². The minimum Gasteiger partial charge on any atom is -0.481 e. The van der Waals surface area contributed by atoms with Crippen LogP contribution in [0.25, 0.3) is 0 Å². The molecule has 6 heteroatoms. The number of carbonyl (C=O) groups excluding carboxylic acids is 2. The van der Waals surface area contributed by atoms with Gasteiger partial charge in [0.05, 0.1) is 6.42 Å². The molecule has 0 aromatic heterocycles. The highest BCUT2D eigenvalue weighted by Crippen LogP contribution is 2.19. The van der Waals surface area contributed by atoms with Crippen LogP contribution in [0.5, 0.6) is 0 Å². The van der Waals surface area contributed by atoms with Gasteiger partial charge in [0, 0.05) is 39.0 Å². The summed E-state index contributed by atoms with van der Waals surface area (Å²) < 4.78 is 0. The Labute approximate surface area is 107 Å². The number of amides is 2. The average molecular weight is 256 g/mol. The van der Waals surface area contributed by atoms with Crippen molar-refractivity contribution in [3.8, 4) is 0 Å². The molecule has 0 aromatic carbocycles. The largest absolute Gasteiger partial charge is 0.481 e. The Bertz CT molecular complexity index is 343. The summed E-state index contributed by atoms with van der Waals surface area (Å²) in [6, 6.07) is 0. The number of carboxylic acid groups (broad SMARTS) is 1. The van der Waals surface area contributed by atoms with E-state index in [0.29, 0.717) is 19.5 Å². The highest BCUT2D eigenvalue weighted by Gasteiger charge is 2.31. The molecule has 1 atom stereocenters. The zero-order valence-electron chi connectivity index (χ0n) is 10.9. The van der Waals surface area contributed by atoms with E-state index >= 15 is 0 Å². The topological polar surface area (TPSA) is 77.9 Å². The van der Waals surface area contributed by atoms with E-state index < -0.39 is 5.97 Å². The molecule has 0 aromatic rings. The van der Waals surface area contributed by atoms with Crippen LogP contribution >= 0.6 is 0 Å². The van der Waals surface area contributed by atoms with Crippen molar-refractivity contribution < 1.29 is 19.5 Å². The van der Waals surface area contributed by atoms with Gasteiger partial charge in [-0.2, -0.15) is 0 Å². The summed E-state index contributed by atoms with van der Waals surface area (Å²) in [6.45, 7) is 3.10. The Morgan fingerprint density at radius 3 is 2.67 bits per heavy atom. The van der Waals surface area contributed by atoms with Crippen molar-refractivity contribution in [2.24, 2.45) is 5.92 Å². The number of carboxylic acids is 1. The van der Waals surface area contributed by atoms with Crippen LogP contribution in [0.15, 0.2) is 0 Å². The fourth-order valence-corrected chi connectivity index (χ4v) is 2.07. The van der Waals surface area contributed by atoms with Crippen LogP contribution in [0.1, 0.15) is 26.2 Å². The molecule has 0 radical (unpaired) electrons. The molecule has 1 N–H and O–H groups in total. The second-order valence-corrected chi connectivity index (χ2v) is 4.57. The third kappa shape index (κ3) is 3.72. The van der Waals surface area contributed by atoms with Gasteiger partial charge >= 0.3 is 5.97 Å². The van der Waals surface area contributed by atoms with Gasteiger partial charge in [-0.15, -0.1) is 0 Å². The molecule has 18 heavy (non-hydrogen) atoms. The zero-order chi connectivity index (χ0) is 13.7. The number of hydrogen-bond acceptors (Lipinski definition) is 3. The lowest BCUT2D eigenvalue weighted by Gasteiger charge is -2.31. The maximum Gasteiger partial charge on any atom is 0.305 e. The summed E-state index contributed by atoms with van der Waals surface area (Å²) in [5.74, 6) is -1.32. The lowest BCUT2D eigenvalue weighted by atomic mass is 9.95. The first-order chi connectivity index (χ1) is 8.45. The number of piperidine rings is 1. The van der Waals surface area contributed by atoms with E-state index in [0.717, 1.165) is 0 Å². The SMILES string of the molecule is CCN(CCC(=O)O)C(=O)[C@@H]1CCN(C)C(=O)C1. The minimum atomic E-state index is -0.916. The summed E-state index contributed by atoms with van der Waals surface area (Å²) in [5, 5.41) is 8.63. The summed E-state index contributed by atoms with van der Waals surface area (Å²) in [6.07, 6.45) is 0.837. The summed E-state index contributed by atoms with van der Waals surface area (Å²) in [4.78, 5) is 37.4. The number of likely N-dealkylation sites (tertiary alicyclic amines) is 1. The number of nitrogens with zero attached hydrogens (tertiary/aromatic N) is 2. The maximum absolute atomic E-state index is 12.2. The molecule has 0 saturated carbocycles. The molecule has 0 aliphatic carbocycles. The average Bonchev–Trinajstić information content (AvgIpc) is 2.32. The van der Waals surface area contributed by atoms with Crippen molar-refractivity contribution in [3.63, 3.8) is 0 Å². The fraction of sp³-hybridized carbons (Fsp3) is 0.750. The fourth-order valence-electron chi connectivity index (χ4n) is 2.07. The Morgan fingerprint density at radius 2 is 2.17 bits per heavy atom. The van der Waals surface area contributed by atoms with Gasteiger partial charge < -0.3 is 14.9 Å². The van der Waals surface area contributed by atoms with Gasteiger partial charge in [-0.1, -0.05) is 0 Å². The number of carbonyl (C=O) groups is 3. The van der Waals surface area contributed by atoms with Crippen LogP contribution in [-0.4, -0.2) is 59.4 Å². The van der Waals surface area contributed by atoms with Crippen LogP contribution in [0.3, 0.4) is 0 Å². The third-order valence-electron chi connectivity index (χ3n) is 3.30. The van der Waals surface area contributed by atoms with E-state index in [2.05, 4.69) is 0 Å². The van der Waals surface area contributed by atoms with E-state index in [4.69, 9.17) is 5.11 Å². The highest BCUT2D eigenvalue weighted by atomic mass is 16.4. The quantitative estimate of drug-likeness (QED) is 0.761. The lowest BCUT2D eigenvalue weighted by molar-refractivity contribution is -0.145. The molecule has 1 heterocycles. The molecule has 1 saturated heterocycles. The predicted octanol–water partition coefficient (Wildman–Crippen LogP) is 0.178. The monoisotopic (exact) mass is 256 g/mol. The van der Waals surface area contributed by atoms with Gasteiger partial charge in [-0.25, -0.2) is 0 Å². The molecule has 102 valence electrons. The molecule has 1 fully saturated rings. The van der Waals surface area contributed by atoms with E-state index in [1.54, 1.807) is 11.9 Å². The van der Waals surface area contributed by atoms with Crippen molar-refractivity contribution in [2.45, 2.75) is 26.2 Å². The van der Waals surface area contributed by atoms with Gasteiger partial charge in [0.25, 0.3) is 0 Å². The first-order valence-electron chi connectivity index (χ1n) is 6.20. The zero-order valence-corrected chi connectivity index (χ0v) is 10.9. The van der Waals surface area contributed by atoms with Gasteiger partial charge in [0.2, 0.25) is 11.8 Å². The molecular formula is C12H20N2O4. The van der Waals surface area contributed by atoms with Crippen LogP contribution < -0.4 is 0 Å². The Balaban J connectivity index is 2.55. The van der Waals surface area contributed by atoms with Crippen molar-refractivity contribution >= 4 is 17.8 Å². The summed E-state index contributed by atoms with van der Waals surface area (Å²) in [5.41, 5.74) is 0. The van der Waals surface area contributed by atoms with E-state index in [9.17, 15) is 14.4 Å². The van der Waals surface area contributed by atoms with Crippen molar-refractivity contribution in [1.29, 1.82) is 0 Å². The van der Waals surface area contributed by atoms with E-state index in [-0.39, 0.29) is 37.1 Å². The molecule has 2 amide bonds. The molecule has 1 rings (SSSR count). The molecule has 0 spiro atoms. The lowest BCUT2D eigenvalue weighted by Crippen LogP contribution is -2.44. The predicted molar refractivity (Wildman–Crippen MR) is 64.9 cm³/mol. The number of rotatable bonds is 5. The number of aliphatic carboxylic acids is 1. The van der Waals surface area contributed by atoms with Gasteiger partial charge in [0.1, 0.15) is 0 Å². The Morgan fingerprint density at radius 1 is 1.50 bits per heavy atom. The Hall–Kier alpha value is -1.59. The highest BCUT2D eigenvalue weighted by molar-refractivity contribution is 5.87. The van der Waals surface area contributed by atoms with Crippen molar-refractivity contribution in [1.82, 2.24) is 9.80 Å². The minimum absolute atomic E-state index is 0.0195. The van der Waals surface area contributed by atoms with Crippen LogP contribution in [-0.2, 0) is 14.4 Å². The first-order valence-corrected chi connectivity index (χ1v) is 6.20. The molecule has 1 aliphatic rings. The van der Waals surface area contributed by atoms with Gasteiger partial charge in [-0.05, 0) is 13.3 Å². The molecule has 6 nitrogen and oxygen atoms in total. The van der Waals surface area contributed by atoms with E-state index in [1.165, 1.54) is 4.90 Å². The van der Waals surface area contributed by atoms with E-state index in [1.807, 2.05) is 6.92 Å². The normalized spacial score (nSPS) is 19.8. The molecule has 0 unspecified atom stereocenters. The van der Waals surface area contributed by atoms with Crippen LogP contribution in [0.2, 0.25) is 0 Å². The van der Waals surface area contributed by atoms with Gasteiger partial charge in [-0.3, -0.25) is 14.4 Å². The maximum atomic E-state index is 12.2. The third-order valence-corrected chi connectivity index (χ3v) is 3.30. The summed E-state index contributed by atoms with van der Waals surface area (Å²) >= 11 is 0. The van der Waals surface area contributed by atoms with Crippen molar-refractivity contribution in [2.75, 3.05) is 26.7 Å². The van der Waals surface area contributed by atoms with Crippen LogP contribution in [0.4, 0.5) is 0 Å². The smallest absolute Gasteiger partial charge is 0.305 e. The van der Waals surface area contributed by atoms with Crippen LogP contribution in [0, 0.1) is 5.92 Å².